The Hall–Kier alpha value is -3.06. The van der Waals surface area contributed by atoms with Crippen LogP contribution in [0.2, 0.25) is 5.02 Å². The van der Waals surface area contributed by atoms with Crippen LogP contribution < -0.4 is 16.4 Å². The van der Waals surface area contributed by atoms with E-state index in [1.165, 1.54) is 23.5 Å². The van der Waals surface area contributed by atoms with Crippen molar-refractivity contribution in [1.29, 1.82) is 0 Å². The second kappa shape index (κ2) is 10.1. The Labute approximate surface area is 215 Å². The lowest BCUT2D eigenvalue weighted by atomic mass is 9.89. The molecule has 2 aromatic rings. The summed E-state index contributed by atoms with van der Waals surface area (Å²) < 4.78 is 19.5. The third kappa shape index (κ3) is 4.94. The fourth-order valence-electron chi connectivity index (χ4n) is 5.12. The average molecular weight is 535 g/mol. The molecule has 2 bridgehead atoms. The van der Waals surface area contributed by atoms with E-state index < -0.39 is 23.9 Å². The Kier molecular flexibility index (Phi) is 6.93. The number of rotatable bonds is 6. The number of carboxylic acids is 1. The van der Waals surface area contributed by atoms with E-state index in [2.05, 4.69) is 25.5 Å². The van der Waals surface area contributed by atoms with Crippen LogP contribution >= 0.6 is 22.9 Å². The summed E-state index contributed by atoms with van der Waals surface area (Å²) in [6.07, 6.45) is 2.88. The van der Waals surface area contributed by atoms with E-state index in [9.17, 15) is 19.1 Å². The second-order valence-electron chi connectivity index (χ2n) is 8.90. The first-order valence-electron chi connectivity index (χ1n) is 11.4. The number of aromatic nitrogens is 1. The van der Waals surface area contributed by atoms with Gasteiger partial charge in [0, 0.05) is 52.5 Å². The standard InChI is InChI=1S/C23H24ClFN6O4S/c24-16-5-11(25)1-2-15(16)19-18(22(32)33)17(29-20(30-19)21-27-3-4-36-21)8-31-13-6-12(28-23(26)34)7-14(31)10-35-9-13/h1-5,12-14,19H,6-10H2,(H,29,30)(H,32,33)(H3,26,28,34)/t12?,13-,14+,19-/m0/s1. The van der Waals surface area contributed by atoms with Crippen molar-refractivity contribution in [2.75, 3.05) is 19.8 Å². The molecular formula is C23H24ClFN6O4S. The summed E-state index contributed by atoms with van der Waals surface area (Å²) in [4.78, 5) is 35.2. The van der Waals surface area contributed by atoms with Crippen molar-refractivity contribution in [2.24, 2.45) is 10.7 Å². The molecule has 4 heterocycles. The number of nitrogens with one attached hydrogen (secondary N) is 2. The molecular weight excluding hydrogens is 511 g/mol. The molecule has 13 heteroatoms. The fraction of sp³-hybridized carbons (Fsp3) is 0.391. The van der Waals surface area contributed by atoms with Crippen molar-refractivity contribution < 1.29 is 23.8 Å². The van der Waals surface area contributed by atoms with Crippen LogP contribution in [-0.4, -0.2) is 70.7 Å². The number of carboxylic acid groups (broad SMARTS) is 1. The summed E-state index contributed by atoms with van der Waals surface area (Å²) in [7, 11) is 0. The van der Waals surface area contributed by atoms with Crippen LogP contribution in [0.3, 0.4) is 0 Å². The van der Waals surface area contributed by atoms with E-state index in [0.717, 1.165) is 6.07 Å². The number of carbonyl (C=O) groups excluding carboxylic acids is 1. The molecule has 2 amide bonds. The highest BCUT2D eigenvalue weighted by Crippen LogP contribution is 2.37. The van der Waals surface area contributed by atoms with E-state index in [0.29, 0.717) is 48.2 Å². The molecule has 2 saturated heterocycles. The number of piperidine rings is 1. The van der Waals surface area contributed by atoms with Crippen LogP contribution in [0.1, 0.15) is 29.5 Å². The number of hydrogen-bond acceptors (Lipinski definition) is 8. The number of halogens is 2. The van der Waals surface area contributed by atoms with E-state index in [4.69, 9.17) is 22.1 Å². The van der Waals surface area contributed by atoms with Gasteiger partial charge in [-0.15, -0.1) is 11.3 Å². The lowest BCUT2D eigenvalue weighted by Gasteiger charge is -2.49. The molecule has 2 fully saturated rings. The number of morpholine rings is 1. The van der Waals surface area contributed by atoms with Crippen LogP contribution in [-0.2, 0) is 9.53 Å². The van der Waals surface area contributed by atoms with Gasteiger partial charge in [-0.1, -0.05) is 17.7 Å². The molecule has 1 aromatic heterocycles. The van der Waals surface area contributed by atoms with Crippen LogP contribution in [0.25, 0.3) is 0 Å². The molecule has 3 aliphatic rings. The highest BCUT2D eigenvalue weighted by Gasteiger charge is 2.41. The van der Waals surface area contributed by atoms with E-state index in [-0.39, 0.29) is 35.3 Å². The average Bonchev–Trinajstić information content (AvgIpc) is 3.33. The molecule has 3 aliphatic heterocycles. The Morgan fingerprint density at radius 2 is 2.08 bits per heavy atom. The number of aliphatic imine (C=N–C) groups is 1. The normalized spacial score (nSPS) is 26.2. The van der Waals surface area contributed by atoms with Gasteiger partial charge in [0.15, 0.2) is 10.8 Å². The number of amides is 2. The molecule has 0 spiro atoms. The first kappa shape index (κ1) is 24.6. The quantitative estimate of drug-likeness (QED) is 0.445. The minimum atomic E-state index is -1.16. The number of nitrogens with zero attached hydrogens (tertiary/aromatic N) is 3. The summed E-state index contributed by atoms with van der Waals surface area (Å²) in [6, 6.07) is 2.14. The van der Waals surface area contributed by atoms with Gasteiger partial charge in [-0.25, -0.2) is 19.0 Å². The predicted molar refractivity (Wildman–Crippen MR) is 131 cm³/mol. The number of urea groups is 1. The van der Waals surface area contributed by atoms with Gasteiger partial charge in [-0.2, -0.15) is 0 Å². The highest BCUT2D eigenvalue weighted by molar-refractivity contribution is 7.11. The number of hydrogen-bond donors (Lipinski definition) is 4. The predicted octanol–water partition coefficient (Wildman–Crippen LogP) is 2.27. The zero-order valence-electron chi connectivity index (χ0n) is 19.0. The molecule has 190 valence electrons. The van der Waals surface area contributed by atoms with Gasteiger partial charge < -0.3 is 26.2 Å². The minimum absolute atomic E-state index is 0.0280. The van der Waals surface area contributed by atoms with Gasteiger partial charge >= 0.3 is 12.0 Å². The first-order valence-corrected chi connectivity index (χ1v) is 12.6. The van der Waals surface area contributed by atoms with Crippen LogP contribution in [0.15, 0.2) is 46.0 Å². The van der Waals surface area contributed by atoms with Gasteiger partial charge in [0.2, 0.25) is 0 Å². The molecule has 10 nitrogen and oxygen atoms in total. The second-order valence-corrected chi connectivity index (χ2v) is 10.2. The fourth-order valence-corrected chi connectivity index (χ4v) is 5.98. The van der Waals surface area contributed by atoms with Crippen molar-refractivity contribution in [3.05, 3.63) is 62.5 Å². The summed E-state index contributed by atoms with van der Waals surface area (Å²) in [5.74, 6) is -1.26. The van der Waals surface area contributed by atoms with E-state index in [1.807, 2.05) is 0 Å². The zero-order valence-corrected chi connectivity index (χ0v) is 20.6. The van der Waals surface area contributed by atoms with Crippen molar-refractivity contribution in [2.45, 2.75) is 37.0 Å². The topological polar surface area (TPSA) is 142 Å². The van der Waals surface area contributed by atoms with Gasteiger partial charge in [0.05, 0.1) is 18.8 Å². The lowest BCUT2D eigenvalue weighted by Crippen LogP contribution is -2.62. The van der Waals surface area contributed by atoms with Gasteiger partial charge in [-0.05, 0) is 25.0 Å². The van der Waals surface area contributed by atoms with Gasteiger partial charge in [0.1, 0.15) is 11.9 Å². The SMILES string of the molecule is NC(=O)NC1C[C@H]2COC[C@@H](C1)N2CC1=C(C(=O)O)[C@H](c2ccc(F)cc2Cl)N=C(c2nccs2)N1. The van der Waals surface area contributed by atoms with E-state index >= 15 is 0 Å². The zero-order chi connectivity index (χ0) is 25.4. The highest BCUT2D eigenvalue weighted by atomic mass is 35.5. The van der Waals surface area contributed by atoms with Gasteiger partial charge in [0.25, 0.3) is 0 Å². The molecule has 0 aliphatic carbocycles. The Balaban J connectivity index is 1.53. The maximum atomic E-state index is 13.8. The van der Waals surface area contributed by atoms with Crippen molar-refractivity contribution >= 4 is 40.8 Å². The van der Waals surface area contributed by atoms with Crippen molar-refractivity contribution in [3.8, 4) is 0 Å². The molecule has 5 N–H and O–H groups in total. The molecule has 0 radical (unpaired) electrons. The number of primary amides is 1. The molecule has 0 saturated carbocycles. The number of nitrogens with two attached hydrogens (primary N) is 1. The third-order valence-electron chi connectivity index (χ3n) is 6.61. The third-order valence-corrected chi connectivity index (χ3v) is 7.71. The summed E-state index contributed by atoms with van der Waals surface area (Å²) in [5, 5.41) is 18.7. The maximum Gasteiger partial charge on any atom is 0.335 e. The summed E-state index contributed by atoms with van der Waals surface area (Å²) in [5.41, 5.74) is 6.20. The minimum Gasteiger partial charge on any atom is -0.478 e. The van der Waals surface area contributed by atoms with Crippen LogP contribution in [0.5, 0.6) is 0 Å². The molecule has 4 atom stereocenters. The van der Waals surface area contributed by atoms with Crippen molar-refractivity contribution in [3.63, 3.8) is 0 Å². The number of fused-ring (bicyclic) bond motifs is 2. The summed E-state index contributed by atoms with van der Waals surface area (Å²) in [6.45, 7) is 1.18. The monoisotopic (exact) mass is 534 g/mol. The number of carbonyl (C=O) groups is 2. The number of benzene rings is 1. The summed E-state index contributed by atoms with van der Waals surface area (Å²) >= 11 is 7.71. The number of aliphatic carboxylic acids is 1. The molecule has 1 unspecified atom stereocenters. The van der Waals surface area contributed by atoms with E-state index in [1.54, 1.807) is 11.6 Å². The largest absolute Gasteiger partial charge is 0.478 e. The lowest BCUT2D eigenvalue weighted by molar-refractivity contribution is -0.133. The number of amidine groups is 1. The Morgan fingerprint density at radius 3 is 2.69 bits per heavy atom. The van der Waals surface area contributed by atoms with Gasteiger partial charge in [-0.3, -0.25) is 9.89 Å². The Bertz CT molecular complexity index is 1230. The molecule has 5 rings (SSSR count). The van der Waals surface area contributed by atoms with Crippen LogP contribution in [0, 0.1) is 5.82 Å². The smallest absolute Gasteiger partial charge is 0.335 e. The Morgan fingerprint density at radius 1 is 1.33 bits per heavy atom. The molecule has 1 aromatic carbocycles. The first-order chi connectivity index (χ1) is 17.3. The van der Waals surface area contributed by atoms with Crippen LogP contribution in [0.4, 0.5) is 9.18 Å². The molecule has 36 heavy (non-hydrogen) atoms. The maximum absolute atomic E-state index is 13.8. The van der Waals surface area contributed by atoms with Crippen molar-refractivity contribution in [1.82, 2.24) is 20.5 Å². The number of thiazole rings is 1. The number of ether oxygens (including phenoxy) is 1.